The average molecular weight is 489 g/mol. The number of ether oxygens (including phenoxy) is 1. The van der Waals surface area contributed by atoms with Crippen LogP contribution in [0.15, 0.2) is 29.3 Å². The van der Waals surface area contributed by atoms with Crippen molar-refractivity contribution in [3.8, 4) is 0 Å². The summed E-state index contributed by atoms with van der Waals surface area (Å²) in [5.41, 5.74) is 2.59. The molecule has 3 unspecified atom stereocenters. The standard InChI is InChI=1S/C20H31N3OS.HI/c1-15-7-9-16(10-8-15)19-17(5-3-11-24-19)13-22-20(21-2)23-18-6-4-12-25-14-18;/h7-10,17-19H,3-6,11-14H2,1-2H3,(H2,21,22,23);1H. The van der Waals surface area contributed by atoms with Gasteiger partial charge in [0.25, 0.3) is 0 Å². The van der Waals surface area contributed by atoms with Gasteiger partial charge in [-0.1, -0.05) is 29.8 Å². The summed E-state index contributed by atoms with van der Waals surface area (Å²) in [6.07, 6.45) is 5.06. The summed E-state index contributed by atoms with van der Waals surface area (Å²) in [5.74, 6) is 3.89. The van der Waals surface area contributed by atoms with Crippen molar-refractivity contribution >= 4 is 41.7 Å². The van der Waals surface area contributed by atoms with Crippen LogP contribution < -0.4 is 10.6 Å². The van der Waals surface area contributed by atoms with Crippen LogP contribution in [0.4, 0.5) is 0 Å². The Kier molecular flexibility index (Phi) is 9.56. The fourth-order valence-corrected chi connectivity index (χ4v) is 4.72. The van der Waals surface area contributed by atoms with Crippen LogP contribution in [-0.2, 0) is 4.74 Å². The van der Waals surface area contributed by atoms with Crippen molar-refractivity contribution in [2.45, 2.75) is 44.8 Å². The molecule has 0 saturated carbocycles. The molecule has 2 aliphatic heterocycles. The third-order valence-corrected chi connectivity index (χ3v) is 6.32. The smallest absolute Gasteiger partial charge is 0.191 e. The summed E-state index contributed by atoms with van der Waals surface area (Å²) in [4.78, 5) is 4.42. The highest BCUT2D eigenvalue weighted by molar-refractivity contribution is 14.0. The minimum atomic E-state index is 0. The van der Waals surface area contributed by atoms with Crippen molar-refractivity contribution in [1.29, 1.82) is 0 Å². The molecule has 0 aromatic heterocycles. The first kappa shape index (κ1) is 21.8. The number of guanidine groups is 1. The molecule has 2 N–H and O–H groups in total. The normalized spacial score (nSPS) is 26.7. The van der Waals surface area contributed by atoms with Crippen molar-refractivity contribution in [3.63, 3.8) is 0 Å². The Morgan fingerprint density at radius 2 is 2.04 bits per heavy atom. The maximum atomic E-state index is 6.13. The number of aliphatic imine (C=N–C) groups is 1. The second kappa shape index (κ2) is 11.4. The molecule has 26 heavy (non-hydrogen) atoms. The third kappa shape index (κ3) is 6.30. The minimum absolute atomic E-state index is 0. The minimum Gasteiger partial charge on any atom is -0.373 e. The second-order valence-electron chi connectivity index (χ2n) is 7.12. The van der Waals surface area contributed by atoms with Crippen LogP contribution in [0.5, 0.6) is 0 Å². The number of hydrogen-bond acceptors (Lipinski definition) is 3. The molecular weight excluding hydrogens is 457 g/mol. The number of hydrogen-bond donors (Lipinski definition) is 2. The van der Waals surface area contributed by atoms with Crippen molar-refractivity contribution in [2.24, 2.45) is 10.9 Å². The summed E-state index contributed by atoms with van der Waals surface area (Å²) in [6.45, 7) is 3.89. The Morgan fingerprint density at radius 3 is 2.73 bits per heavy atom. The van der Waals surface area contributed by atoms with Crippen molar-refractivity contribution in [1.82, 2.24) is 10.6 Å². The molecule has 0 amide bonds. The van der Waals surface area contributed by atoms with Gasteiger partial charge in [-0.05, 0) is 43.9 Å². The molecule has 3 rings (SSSR count). The van der Waals surface area contributed by atoms with Gasteiger partial charge in [-0.2, -0.15) is 11.8 Å². The Bertz CT molecular complexity index is 561. The van der Waals surface area contributed by atoms with Crippen LogP contribution in [0.25, 0.3) is 0 Å². The number of thioether (sulfide) groups is 1. The van der Waals surface area contributed by atoms with Gasteiger partial charge in [0.15, 0.2) is 5.96 Å². The Morgan fingerprint density at radius 1 is 1.23 bits per heavy atom. The van der Waals surface area contributed by atoms with E-state index in [2.05, 4.69) is 46.8 Å². The molecule has 1 aromatic carbocycles. The molecule has 2 heterocycles. The van der Waals surface area contributed by atoms with Gasteiger partial charge >= 0.3 is 0 Å². The van der Waals surface area contributed by atoms with E-state index in [1.165, 1.54) is 41.9 Å². The fourth-order valence-electron chi connectivity index (χ4n) is 3.65. The van der Waals surface area contributed by atoms with E-state index in [1.807, 2.05) is 18.8 Å². The molecule has 0 aliphatic carbocycles. The maximum absolute atomic E-state index is 6.13. The quantitative estimate of drug-likeness (QED) is 0.379. The van der Waals surface area contributed by atoms with E-state index in [1.54, 1.807) is 0 Å². The number of rotatable bonds is 4. The lowest BCUT2D eigenvalue weighted by atomic mass is 9.89. The van der Waals surface area contributed by atoms with Gasteiger partial charge in [0.1, 0.15) is 0 Å². The van der Waals surface area contributed by atoms with Crippen LogP contribution in [0.3, 0.4) is 0 Å². The number of halogens is 1. The van der Waals surface area contributed by atoms with Gasteiger partial charge in [0.2, 0.25) is 0 Å². The number of benzene rings is 1. The predicted octanol–water partition coefficient (Wildman–Crippen LogP) is 4.14. The zero-order valence-electron chi connectivity index (χ0n) is 15.9. The van der Waals surface area contributed by atoms with Crippen molar-refractivity contribution in [2.75, 3.05) is 31.7 Å². The van der Waals surface area contributed by atoms with Crippen LogP contribution in [0.2, 0.25) is 0 Å². The van der Waals surface area contributed by atoms with Crippen molar-refractivity contribution < 1.29 is 4.74 Å². The zero-order chi connectivity index (χ0) is 17.5. The third-order valence-electron chi connectivity index (χ3n) is 5.11. The molecule has 0 spiro atoms. The number of aryl methyl sites for hydroxylation is 1. The van der Waals surface area contributed by atoms with E-state index in [-0.39, 0.29) is 30.1 Å². The van der Waals surface area contributed by atoms with E-state index < -0.39 is 0 Å². The first-order valence-corrected chi connectivity index (χ1v) is 10.6. The van der Waals surface area contributed by atoms with Gasteiger partial charge in [-0.15, -0.1) is 24.0 Å². The molecule has 2 saturated heterocycles. The van der Waals surface area contributed by atoms with Gasteiger partial charge in [0.05, 0.1) is 6.10 Å². The molecule has 146 valence electrons. The summed E-state index contributed by atoms with van der Waals surface area (Å²) < 4.78 is 6.13. The van der Waals surface area contributed by atoms with Crippen LogP contribution in [-0.4, -0.2) is 43.7 Å². The van der Waals surface area contributed by atoms with Gasteiger partial charge in [-0.3, -0.25) is 4.99 Å². The number of nitrogens with one attached hydrogen (secondary N) is 2. The summed E-state index contributed by atoms with van der Waals surface area (Å²) in [7, 11) is 1.86. The summed E-state index contributed by atoms with van der Waals surface area (Å²) in [6, 6.07) is 9.33. The highest BCUT2D eigenvalue weighted by Crippen LogP contribution is 2.33. The van der Waals surface area contributed by atoms with Crippen LogP contribution >= 0.6 is 35.7 Å². The SMILES string of the molecule is CN=C(NCC1CCCOC1c1ccc(C)cc1)NC1CCCSC1.I. The van der Waals surface area contributed by atoms with E-state index in [0.717, 1.165) is 25.5 Å². The molecular formula is C20H32IN3OS. The molecule has 6 heteroatoms. The van der Waals surface area contributed by atoms with E-state index in [9.17, 15) is 0 Å². The van der Waals surface area contributed by atoms with Crippen LogP contribution in [0, 0.1) is 12.8 Å². The monoisotopic (exact) mass is 489 g/mol. The molecule has 0 bridgehead atoms. The lowest BCUT2D eigenvalue weighted by Gasteiger charge is -2.33. The molecule has 4 nitrogen and oxygen atoms in total. The molecule has 3 atom stereocenters. The first-order valence-electron chi connectivity index (χ1n) is 9.49. The molecule has 1 aromatic rings. The molecule has 0 radical (unpaired) electrons. The first-order chi connectivity index (χ1) is 12.3. The molecule has 2 fully saturated rings. The summed E-state index contributed by atoms with van der Waals surface area (Å²) >= 11 is 2.04. The Hall–Kier alpha value is -0.470. The van der Waals surface area contributed by atoms with Gasteiger partial charge in [-0.25, -0.2) is 0 Å². The van der Waals surface area contributed by atoms with E-state index in [0.29, 0.717) is 12.0 Å². The van der Waals surface area contributed by atoms with E-state index >= 15 is 0 Å². The average Bonchev–Trinajstić information content (AvgIpc) is 2.67. The molecule has 2 aliphatic rings. The van der Waals surface area contributed by atoms with Gasteiger partial charge < -0.3 is 15.4 Å². The topological polar surface area (TPSA) is 45.7 Å². The Labute approximate surface area is 179 Å². The highest BCUT2D eigenvalue weighted by Gasteiger charge is 2.27. The van der Waals surface area contributed by atoms with Crippen molar-refractivity contribution in [3.05, 3.63) is 35.4 Å². The predicted molar refractivity (Wildman–Crippen MR) is 123 cm³/mol. The van der Waals surface area contributed by atoms with Crippen LogP contribution in [0.1, 0.15) is 42.9 Å². The number of nitrogens with zero attached hydrogens (tertiary/aromatic N) is 1. The maximum Gasteiger partial charge on any atom is 0.191 e. The lowest BCUT2D eigenvalue weighted by Crippen LogP contribution is -2.47. The largest absolute Gasteiger partial charge is 0.373 e. The zero-order valence-corrected chi connectivity index (χ0v) is 19.0. The fraction of sp³-hybridized carbons (Fsp3) is 0.650. The van der Waals surface area contributed by atoms with E-state index in [4.69, 9.17) is 4.74 Å². The lowest BCUT2D eigenvalue weighted by molar-refractivity contribution is -0.0265. The summed E-state index contributed by atoms with van der Waals surface area (Å²) in [5, 5.41) is 7.13. The Balaban J connectivity index is 0.00000243. The van der Waals surface area contributed by atoms with Gasteiger partial charge in [0, 0.05) is 37.9 Å². The second-order valence-corrected chi connectivity index (χ2v) is 8.27. The highest BCUT2D eigenvalue weighted by atomic mass is 127.